The zero-order valence-electron chi connectivity index (χ0n) is 56.0. The number of H-pyrrole nitrogens is 1. The molecule has 26 nitrogen and oxygen atoms in total. The molecule has 0 aliphatic carbocycles. The molecule has 0 saturated heterocycles. The van der Waals surface area contributed by atoms with Crippen LogP contribution in [0.25, 0.3) is 0 Å². The number of rotatable bonds is 44. The summed E-state index contributed by atoms with van der Waals surface area (Å²) in [5.41, 5.74) is 18.1. The summed E-state index contributed by atoms with van der Waals surface area (Å²) in [5, 5.41) is 45.0. The summed E-state index contributed by atoms with van der Waals surface area (Å²) in [6.45, 7) is 5.47. The summed E-state index contributed by atoms with van der Waals surface area (Å²) in [6, 6.07) is -0.0110. The third-order valence-electron chi connectivity index (χ3n) is 16.2. The number of nitrogens with one attached hydrogen (secondary N) is 8. The predicted octanol–water partition coefficient (Wildman–Crippen LogP) is 5.10. The fourth-order valence-electron chi connectivity index (χ4n) is 9.82. The number of carboxylic acid groups (broad SMARTS) is 2. The van der Waals surface area contributed by atoms with Crippen LogP contribution in [0.1, 0.15) is 109 Å². The number of benzene rings is 2. The van der Waals surface area contributed by atoms with Crippen LogP contribution >= 0.6 is 0 Å². The molecule has 0 spiro atoms. The number of Topliss-reactive ketones (excluding diaryl/α,β-unsaturated/α-hetero) is 1. The van der Waals surface area contributed by atoms with Crippen molar-refractivity contribution in [2.75, 3.05) is 6.54 Å². The number of amides is 7. The number of halogens is 17. The molecule has 43 heteroatoms. The highest BCUT2D eigenvalue weighted by atomic mass is 19.4. The summed E-state index contributed by atoms with van der Waals surface area (Å²) in [4.78, 5) is 146. The number of aliphatic imine (C=N–C) groups is 1. The number of guanidine groups is 1. The number of imidazole rings is 1. The molecule has 7 amide bonds. The van der Waals surface area contributed by atoms with E-state index in [4.69, 9.17) is 17.2 Å². The van der Waals surface area contributed by atoms with Crippen LogP contribution in [0.2, 0.25) is 0 Å². The molecule has 0 radical (unpaired) electrons. The number of aliphatic carboxylic acids is 2. The van der Waals surface area contributed by atoms with Gasteiger partial charge in [-0.15, -0.1) is 0 Å². The quantitative estimate of drug-likeness (QED) is 0.0152. The zero-order chi connectivity index (χ0) is 80.2. The Morgan fingerprint density at radius 3 is 1.55 bits per heavy atom. The number of aromatic amines is 1. The number of unbranched alkanes of at least 4 members (excludes halogenated alkanes) is 1. The minimum Gasteiger partial charge on any atom is -0.508 e. The van der Waals surface area contributed by atoms with Gasteiger partial charge in [0.1, 0.15) is 42.0 Å². The van der Waals surface area contributed by atoms with Crippen LogP contribution in [0, 0.1) is 11.8 Å². The van der Waals surface area contributed by atoms with Gasteiger partial charge in [0, 0.05) is 57.0 Å². The monoisotopic (exact) mass is 1540 g/mol. The highest BCUT2D eigenvalue weighted by Crippen LogP contribution is 2.64. The number of alkyl halides is 17. The van der Waals surface area contributed by atoms with Crippen LogP contribution < -0.4 is 54.4 Å². The number of nitrogens with zero attached hydrogens (tertiary/aromatic N) is 2. The van der Waals surface area contributed by atoms with Crippen molar-refractivity contribution < 1.29 is 138 Å². The molecule has 0 unspecified atom stereocenters. The SMILES string of the molecule is CC[C@H](C)[C@H](NC(=O)[C@H](Cc1ccc(O)cc1)NC(=O)[C@@H](NC(=O)[C@H](CCCN=C(N)N)NC(=O)[C@H](CC(=O)O)NC(=O)CCC(F)(F)C(F)(F)C(F)(F)C(F)(F)C(F)(F)C(F)(F)C(F)(F)C(F)(F)F)C(C)C)C(=O)N[C@@H](Cc1cnc[nH]1)C(=O)CCCC[C@H](N)C(=O)N[C@@H](Cc1ccccc1)C(=O)O. The van der Waals surface area contributed by atoms with Gasteiger partial charge in [0.2, 0.25) is 41.4 Å². The third kappa shape index (κ3) is 23.7. The second-order valence-corrected chi connectivity index (χ2v) is 24.7. The Bertz CT molecular complexity index is 3480. The van der Waals surface area contributed by atoms with Crippen LogP contribution in [0.5, 0.6) is 5.75 Å². The number of carboxylic acids is 2. The van der Waals surface area contributed by atoms with E-state index in [0.717, 1.165) is 0 Å². The van der Waals surface area contributed by atoms with E-state index in [9.17, 15) is 138 Å². The molecule has 17 N–H and O–H groups in total. The number of aromatic nitrogens is 2. The van der Waals surface area contributed by atoms with Crippen LogP contribution in [0.3, 0.4) is 0 Å². The van der Waals surface area contributed by atoms with Crippen molar-refractivity contribution in [2.45, 2.75) is 207 Å². The topological polar surface area (TPSA) is 435 Å². The number of phenols is 1. The fourth-order valence-corrected chi connectivity index (χ4v) is 9.82. The number of phenolic OH excluding ortho intramolecular Hbond substituents is 1. The van der Waals surface area contributed by atoms with Crippen molar-refractivity contribution in [3.63, 3.8) is 0 Å². The Balaban J connectivity index is 1.91. The lowest BCUT2D eigenvalue weighted by Gasteiger charge is -2.42. The lowest BCUT2D eigenvalue weighted by molar-refractivity contribution is -0.461. The van der Waals surface area contributed by atoms with Gasteiger partial charge in [0.15, 0.2) is 11.7 Å². The Hall–Kier alpha value is -9.61. The predicted molar refractivity (Wildman–Crippen MR) is 333 cm³/mol. The zero-order valence-corrected chi connectivity index (χ0v) is 56.0. The molecule has 0 saturated carbocycles. The van der Waals surface area contributed by atoms with Gasteiger partial charge in [-0.1, -0.05) is 83.0 Å². The van der Waals surface area contributed by atoms with Crippen molar-refractivity contribution in [1.82, 2.24) is 47.2 Å². The Morgan fingerprint density at radius 1 is 0.533 bits per heavy atom. The van der Waals surface area contributed by atoms with E-state index in [1.165, 1.54) is 56.0 Å². The standard InChI is InChI=1S/C62H78F17N13O13/c1-5-31(4)46(52(103)88-38(26-34-28-83-29-85-34)42(94)16-10-9-14-36(80)47(98)90-41(53(104)105)25-32-12-7-6-8-13-32)92-50(101)39(24-33-17-19-35(93)20-18-33)89-51(102)45(30(2)3)91-48(99)37(15-11-23-84-54(81)82)87-49(100)40(27-44(96)97)86-43(95)21-22-55(63,64)56(65,66)57(67,68)58(69,70)59(71,72)60(73,74)61(75,76)62(77,78)79/h6-8,12-13,17-20,28-31,36-41,45-46,93H,5,9-11,14-16,21-27,80H2,1-4H3,(H,83,85)(H,86,95)(H,87,100)(H,88,103)(H,89,102)(H,90,98)(H,91,99)(H,92,101)(H,96,97)(H,104,105)(H4,81,82,84)/t31-,36-,37-,38-,39-,40-,41-,45-,46-/m0/s1. The van der Waals surface area contributed by atoms with Crippen molar-refractivity contribution >= 4 is 65.0 Å². The van der Waals surface area contributed by atoms with E-state index >= 15 is 0 Å². The van der Waals surface area contributed by atoms with Gasteiger partial charge in [-0.2, -0.15) is 74.6 Å². The third-order valence-corrected chi connectivity index (χ3v) is 16.2. The van der Waals surface area contributed by atoms with Gasteiger partial charge >= 0.3 is 59.6 Å². The van der Waals surface area contributed by atoms with Crippen molar-refractivity contribution in [1.29, 1.82) is 0 Å². The van der Waals surface area contributed by atoms with E-state index < -0.39 is 205 Å². The normalized spacial score (nSPS) is 15.2. The molecule has 0 aliphatic heterocycles. The number of nitrogens with two attached hydrogens (primary N) is 3. The molecule has 588 valence electrons. The van der Waals surface area contributed by atoms with Gasteiger partial charge in [-0.05, 0) is 60.8 Å². The average molecular weight is 1540 g/mol. The summed E-state index contributed by atoms with van der Waals surface area (Å²) in [6.07, 6.45) is -14.1. The molecule has 3 rings (SSSR count). The number of ketones is 1. The van der Waals surface area contributed by atoms with Crippen molar-refractivity contribution in [3.8, 4) is 5.75 Å². The molecule has 105 heavy (non-hydrogen) atoms. The molecule has 1 aromatic heterocycles. The molecule has 2 aromatic carbocycles. The number of hydrogen-bond donors (Lipinski definition) is 14. The maximum Gasteiger partial charge on any atom is 0.460 e. The van der Waals surface area contributed by atoms with E-state index in [1.54, 1.807) is 44.2 Å². The van der Waals surface area contributed by atoms with E-state index in [2.05, 4.69) is 41.5 Å². The van der Waals surface area contributed by atoms with Crippen molar-refractivity contribution in [3.05, 3.63) is 83.9 Å². The Kier molecular flexibility index (Phi) is 31.9. The lowest BCUT2D eigenvalue weighted by atomic mass is 9.88. The second-order valence-electron chi connectivity index (χ2n) is 24.7. The molecule has 1 heterocycles. The molecule has 0 fully saturated rings. The van der Waals surface area contributed by atoms with Gasteiger partial charge < -0.3 is 74.7 Å². The lowest BCUT2D eigenvalue weighted by Crippen LogP contribution is -2.74. The first-order valence-electron chi connectivity index (χ1n) is 31.7. The molecule has 9 atom stereocenters. The minimum atomic E-state index is -8.94. The van der Waals surface area contributed by atoms with Crippen molar-refractivity contribution in [2.24, 2.45) is 34.0 Å². The second kappa shape index (κ2) is 37.4. The summed E-state index contributed by atoms with van der Waals surface area (Å²) in [5.74, 6) is -75.0. The fraction of sp³-hybridized carbons (Fsp3) is 0.581. The van der Waals surface area contributed by atoms with Crippen LogP contribution in [0.4, 0.5) is 74.6 Å². The minimum absolute atomic E-state index is 0.00968. The maximum absolute atomic E-state index is 14.8. The molecule has 0 aliphatic rings. The number of carbonyl (C=O) groups excluding carboxylic acids is 8. The van der Waals surface area contributed by atoms with Crippen LogP contribution in [0.15, 0.2) is 72.1 Å². The average Bonchev–Trinajstić information content (AvgIpc) is 0.802. The van der Waals surface area contributed by atoms with E-state index in [-0.39, 0.29) is 69.2 Å². The molecular weight excluding hydrogens is 1460 g/mol. The van der Waals surface area contributed by atoms with Gasteiger partial charge in [0.25, 0.3) is 0 Å². The summed E-state index contributed by atoms with van der Waals surface area (Å²) < 4.78 is 236. The van der Waals surface area contributed by atoms with Crippen LogP contribution in [-0.2, 0) is 67.2 Å². The first kappa shape index (κ1) is 89.6. The van der Waals surface area contributed by atoms with Crippen LogP contribution in [-0.4, -0.2) is 193 Å². The summed E-state index contributed by atoms with van der Waals surface area (Å²) in [7, 11) is 0. The number of hydrogen-bond acceptors (Lipinski definition) is 14. The number of carbonyl (C=O) groups is 10. The molecular formula is C62H78F17N13O13. The Morgan fingerprint density at radius 2 is 1.03 bits per heavy atom. The van der Waals surface area contributed by atoms with E-state index in [1.807, 2.05) is 5.32 Å². The largest absolute Gasteiger partial charge is 0.508 e. The number of aromatic hydroxyl groups is 1. The van der Waals surface area contributed by atoms with Gasteiger partial charge in [-0.25, -0.2) is 9.78 Å². The van der Waals surface area contributed by atoms with Gasteiger partial charge in [-0.3, -0.25) is 48.1 Å². The molecule has 3 aromatic rings. The maximum atomic E-state index is 14.8. The smallest absolute Gasteiger partial charge is 0.460 e. The highest BCUT2D eigenvalue weighted by molar-refractivity contribution is 5.98. The highest BCUT2D eigenvalue weighted by Gasteiger charge is 2.95. The summed E-state index contributed by atoms with van der Waals surface area (Å²) >= 11 is 0. The van der Waals surface area contributed by atoms with E-state index in [0.29, 0.717) is 11.3 Å². The van der Waals surface area contributed by atoms with Gasteiger partial charge in [0.05, 0.1) is 24.8 Å². The Labute approximate surface area is 586 Å². The first-order chi connectivity index (χ1) is 48.3. The first-order valence-corrected chi connectivity index (χ1v) is 31.7. The molecule has 0 bridgehead atoms.